The number of para-hydroxylation sites is 2. The van der Waals surface area contributed by atoms with E-state index in [-0.39, 0.29) is 5.91 Å². The minimum Gasteiger partial charge on any atom is -0.378 e. The molecule has 0 atom stereocenters. The van der Waals surface area contributed by atoms with Gasteiger partial charge >= 0.3 is 0 Å². The fraction of sp³-hybridized carbons (Fsp3) is 0.348. The van der Waals surface area contributed by atoms with Crippen molar-refractivity contribution in [1.82, 2.24) is 14.9 Å². The number of carbonyl (C=O) groups excluding carboxylic acids is 1. The lowest BCUT2D eigenvalue weighted by Crippen LogP contribution is -2.49. The molecule has 7 nitrogen and oxygen atoms in total. The van der Waals surface area contributed by atoms with Crippen molar-refractivity contribution in [1.29, 1.82) is 0 Å². The summed E-state index contributed by atoms with van der Waals surface area (Å²) >= 11 is 0. The Balaban J connectivity index is 1.32. The van der Waals surface area contributed by atoms with Crippen LogP contribution in [0.1, 0.15) is 10.4 Å². The summed E-state index contributed by atoms with van der Waals surface area (Å²) in [5.74, 6) is 1.05. The van der Waals surface area contributed by atoms with E-state index < -0.39 is 0 Å². The summed E-state index contributed by atoms with van der Waals surface area (Å²) < 4.78 is 5.47. The smallest absolute Gasteiger partial charge is 0.256 e. The third-order valence-corrected chi connectivity index (χ3v) is 5.87. The summed E-state index contributed by atoms with van der Waals surface area (Å²) in [4.78, 5) is 28.7. The van der Waals surface area contributed by atoms with E-state index in [9.17, 15) is 4.79 Å². The van der Waals surface area contributed by atoms with Crippen molar-refractivity contribution < 1.29 is 9.53 Å². The average molecular weight is 403 g/mol. The molecule has 7 heteroatoms. The molecule has 0 N–H and O–H groups in total. The summed E-state index contributed by atoms with van der Waals surface area (Å²) in [6.07, 6.45) is 1.62. The topological polar surface area (TPSA) is 61.8 Å². The second-order valence-electron chi connectivity index (χ2n) is 7.61. The predicted molar refractivity (Wildman–Crippen MR) is 117 cm³/mol. The third-order valence-electron chi connectivity index (χ3n) is 5.87. The largest absolute Gasteiger partial charge is 0.378 e. The molecule has 0 spiro atoms. The highest BCUT2D eigenvalue weighted by molar-refractivity contribution is 6.00. The molecule has 1 amide bonds. The number of ether oxygens (including phenoxy) is 1. The van der Waals surface area contributed by atoms with Crippen LogP contribution in [0, 0.1) is 0 Å². The number of nitrogens with zero attached hydrogens (tertiary/aromatic N) is 5. The van der Waals surface area contributed by atoms with Gasteiger partial charge in [0.05, 0.1) is 24.3 Å². The molecule has 2 aliphatic heterocycles. The van der Waals surface area contributed by atoms with Crippen LogP contribution >= 0.6 is 0 Å². The Kier molecular flexibility index (Phi) is 5.19. The standard InChI is InChI=1S/C23H25N5O2/c29-23(19-6-2-4-8-21(19)26-13-15-30-16-14-26)28-11-9-27(10-12-28)22-18-5-1-3-7-20(18)24-17-25-22/h1-8,17H,9-16H2. The van der Waals surface area contributed by atoms with Crippen molar-refractivity contribution in [2.45, 2.75) is 0 Å². The van der Waals surface area contributed by atoms with Crippen molar-refractivity contribution in [3.63, 3.8) is 0 Å². The van der Waals surface area contributed by atoms with Gasteiger partial charge in [0, 0.05) is 50.3 Å². The van der Waals surface area contributed by atoms with Crippen LogP contribution in [0.4, 0.5) is 11.5 Å². The summed E-state index contributed by atoms with van der Waals surface area (Å²) in [5, 5.41) is 1.05. The van der Waals surface area contributed by atoms with Gasteiger partial charge < -0.3 is 19.4 Å². The minimum absolute atomic E-state index is 0.101. The Morgan fingerprint density at radius 1 is 0.800 bits per heavy atom. The van der Waals surface area contributed by atoms with Crippen LogP contribution in [0.3, 0.4) is 0 Å². The Bertz CT molecular complexity index is 1040. The molecular weight excluding hydrogens is 378 g/mol. The number of morpholine rings is 1. The Hall–Kier alpha value is -3.19. The van der Waals surface area contributed by atoms with E-state index in [0.717, 1.165) is 54.2 Å². The van der Waals surface area contributed by atoms with Gasteiger partial charge in [-0.1, -0.05) is 24.3 Å². The van der Waals surface area contributed by atoms with Crippen LogP contribution in [0.15, 0.2) is 54.9 Å². The molecule has 30 heavy (non-hydrogen) atoms. The number of hydrogen-bond acceptors (Lipinski definition) is 6. The molecule has 5 rings (SSSR count). The van der Waals surface area contributed by atoms with Gasteiger partial charge in [-0.05, 0) is 24.3 Å². The van der Waals surface area contributed by atoms with Gasteiger partial charge in [-0.25, -0.2) is 9.97 Å². The Morgan fingerprint density at radius 2 is 1.53 bits per heavy atom. The molecule has 0 unspecified atom stereocenters. The van der Waals surface area contributed by atoms with Crippen LogP contribution < -0.4 is 9.80 Å². The van der Waals surface area contributed by atoms with E-state index in [0.29, 0.717) is 26.3 Å². The number of anilines is 2. The zero-order chi connectivity index (χ0) is 20.3. The lowest BCUT2D eigenvalue weighted by Gasteiger charge is -2.37. The van der Waals surface area contributed by atoms with Crippen LogP contribution in [0.5, 0.6) is 0 Å². The first-order valence-corrected chi connectivity index (χ1v) is 10.5. The second-order valence-corrected chi connectivity index (χ2v) is 7.61. The fourth-order valence-corrected chi connectivity index (χ4v) is 4.27. The van der Waals surface area contributed by atoms with E-state index >= 15 is 0 Å². The highest BCUT2D eigenvalue weighted by atomic mass is 16.5. The first-order valence-electron chi connectivity index (χ1n) is 10.5. The van der Waals surface area contributed by atoms with E-state index in [1.807, 2.05) is 47.4 Å². The van der Waals surface area contributed by atoms with Crippen molar-refractivity contribution >= 4 is 28.3 Å². The maximum atomic E-state index is 13.3. The summed E-state index contributed by atoms with van der Waals surface area (Å²) in [6.45, 7) is 5.90. The monoisotopic (exact) mass is 403 g/mol. The highest BCUT2D eigenvalue weighted by Crippen LogP contribution is 2.26. The summed E-state index contributed by atoms with van der Waals surface area (Å²) in [5.41, 5.74) is 2.73. The molecule has 0 radical (unpaired) electrons. The minimum atomic E-state index is 0.101. The lowest BCUT2D eigenvalue weighted by atomic mass is 10.1. The zero-order valence-electron chi connectivity index (χ0n) is 16.9. The van der Waals surface area contributed by atoms with Crippen molar-refractivity contribution in [2.24, 2.45) is 0 Å². The molecule has 154 valence electrons. The Labute approximate surface area is 175 Å². The van der Waals surface area contributed by atoms with Crippen molar-refractivity contribution in [3.05, 3.63) is 60.4 Å². The average Bonchev–Trinajstić information content (AvgIpc) is 2.84. The molecule has 3 heterocycles. The molecule has 2 aromatic carbocycles. The maximum Gasteiger partial charge on any atom is 0.256 e. The third kappa shape index (κ3) is 3.57. The highest BCUT2D eigenvalue weighted by Gasteiger charge is 2.26. The van der Waals surface area contributed by atoms with Gasteiger partial charge in [0.2, 0.25) is 0 Å². The molecule has 0 saturated carbocycles. The van der Waals surface area contributed by atoms with Crippen molar-refractivity contribution in [3.8, 4) is 0 Å². The van der Waals surface area contributed by atoms with Crippen molar-refractivity contribution in [2.75, 3.05) is 62.3 Å². The van der Waals surface area contributed by atoms with Gasteiger partial charge in [-0.2, -0.15) is 0 Å². The second kappa shape index (κ2) is 8.28. The zero-order valence-corrected chi connectivity index (χ0v) is 16.9. The summed E-state index contributed by atoms with van der Waals surface area (Å²) in [7, 11) is 0. The molecular formula is C23H25N5O2. The van der Waals surface area contributed by atoms with Gasteiger partial charge in [0.1, 0.15) is 12.1 Å². The molecule has 0 bridgehead atoms. The van der Waals surface area contributed by atoms with Crippen LogP contribution in [-0.2, 0) is 4.74 Å². The number of aromatic nitrogens is 2. The fourth-order valence-electron chi connectivity index (χ4n) is 4.27. The van der Waals surface area contributed by atoms with Gasteiger partial charge in [0.15, 0.2) is 0 Å². The first-order chi connectivity index (χ1) is 14.8. The predicted octanol–water partition coefficient (Wildman–Crippen LogP) is 2.43. The van der Waals surface area contributed by atoms with Gasteiger partial charge in [0.25, 0.3) is 5.91 Å². The number of carbonyl (C=O) groups is 1. The summed E-state index contributed by atoms with van der Waals surface area (Å²) in [6, 6.07) is 16.0. The van der Waals surface area contributed by atoms with Gasteiger partial charge in [-0.15, -0.1) is 0 Å². The normalized spacial score (nSPS) is 17.4. The number of amides is 1. The number of hydrogen-bond donors (Lipinski definition) is 0. The maximum absolute atomic E-state index is 13.3. The van der Waals surface area contributed by atoms with E-state index in [2.05, 4.69) is 25.8 Å². The number of rotatable bonds is 3. The molecule has 2 fully saturated rings. The lowest BCUT2D eigenvalue weighted by molar-refractivity contribution is 0.0746. The number of benzene rings is 2. The quantitative estimate of drug-likeness (QED) is 0.669. The van der Waals surface area contributed by atoms with Gasteiger partial charge in [-0.3, -0.25) is 4.79 Å². The molecule has 3 aromatic rings. The molecule has 0 aliphatic carbocycles. The number of piperazine rings is 1. The van der Waals surface area contributed by atoms with E-state index in [4.69, 9.17) is 4.74 Å². The SMILES string of the molecule is O=C(c1ccccc1N1CCOCC1)N1CCN(c2ncnc3ccccc23)CC1. The molecule has 1 aromatic heterocycles. The molecule has 2 aliphatic rings. The number of fused-ring (bicyclic) bond motifs is 1. The van der Waals surface area contributed by atoms with E-state index in [1.165, 1.54) is 0 Å². The first kappa shape index (κ1) is 18.8. The Morgan fingerprint density at radius 3 is 2.37 bits per heavy atom. The molecule has 2 saturated heterocycles. The van der Waals surface area contributed by atoms with Crippen LogP contribution in [-0.4, -0.2) is 73.3 Å². The van der Waals surface area contributed by atoms with E-state index in [1.54, 1.807) is 6.33 Å². The van der Waals surface area contributed by atoms with Crippen LogP contribution in [0.2, 0.25) is 0 Å². The van der Waals surface area contributed by atoms with Crippen LogP contribution in [0.25, 0.3) is 10.9 Å².